The zero-order chi connectivity index (χ0) is 48.4. The number of unbranched alkanes of at least 4 members (excludes halogenated alkanes) is 6. The molecule has 372 valence electrons. The Bertz CT molecular complexity index is 1670. The summed E-state index contributed by atoms with van der Waals surface area (Å²) in [5, 5.41) is 30.9. The van der Waals surface area contributed by atoms with Gasteiger partial charge in [-0.15, -0.1) is 0 Å². The third-order valence-corrected chi connectivity index (χ3v) is 10.8. The Morgan fingerprint density at radius 1 is 0.530 bits per heavy atom. The molecule has 12 nitrogen and oxygen atoms in total. The van der Waals surface area contributed by atoms with Crippen molar-refractivity contribution in [2.24, 2.45) is 0 Å². The fourth-order valence-corrected chi connectivity index (χ4v) is 7.02. The standard InChI is InChI=1S/C53H82O12S/c1-3-5-7-9-11-13-15-17-19-21-23-25-27-29-31-33-35-37-39-41-48(54)62-43-46(44-63-53-52(58)51(57)50(56)47(65-53)45-66(59,60)61)64-49(55)42-40-38-36-34-32-30-28-26-24-22-20-18-16-14-12-10-8-6-4-2/h6,8,11-14,17-20,23-26,29-32,35,37,46-47,50-53,56-58H,3-5,7,9-10,15-16,21-22,27-28,33-34,36,38-45H2,1-2H3,(H,59,60,61)/b8-6+,13-11+,14-12+,19-17+,20-18+,25-23+,26-24+,31-29+,32-30+,37-35+/t46-,47-,50-,51?,52?,53+/m1/s1. The molecule has 0 aromatic heterocycles. The molecule has 1 rings (SSSR count). The first-order valence-electron chi connectivity index (χ1n) is 24.1. The molecule has 1 aliphatic heterocycles. The summed E-state index contributed by atoms with van der Waals surface area (Å²) in [6, 6.07) is 0. The second kappa shape index (κ2) is 41.3. The molecular formula is C53H82O12S. The van der Waals surface area contributed by atoms with Gasteiger partial charge in [0.25, 0.3) is 10.1 Å². The van der Waals surface area contributed by atoms with Gasteiger partial charge >= 0.3 is 11.9 Å². The second-order valence-corrected chi connectivity index (χ2v) is 17.5. The van der Waals surface area contributed by atoms with Crippen LogP contribution in [-0.2, 0) is 38.7 Å². The van der Waals surface area contributed by atoms with Gasteiger partial charge in [0.05, 0.1) is 6.61 Å². The van der Waals surface area contributed by atoms with Crippen LogP contribution in [0.15, 0.2) is 122 Å². The Labute approximate surface area is 397 Å². The summed E-state index contributed by atoms with van der Waals surface area (Å²) in [5.74, 6) is -2.15. The zero-order valence-electron chi connectivity index (χ0n) is 39.7. The molecule has 6 atom stereocenters. The maximum atomic E-state index is 12.8. The van der Waals surface area contributed by atoms with Crippen molar-refractivity contribution < 1.29 is 56.8 Å². The predicted molar refractivity (Wildman–Crippen MR) is 265 cm³/mol. The minimum absolute atomic E-state index is 0.0797. The van der Waals surface area contributed by atoms with E-state index in [0.717, 1.165) is 83.5 Å². The van der Waals surface area contributed by atoms with E-state index in [4.69, 9.17) is 18.9 Å². The number of ether oxygens (including phenoxy) is 4. The summed E-state index contributed by atoms with van der Waals surface area (Å²) in [5.41, 5.74) is 0. The van der Waals surface area contributed by atoms with Crippen LogP contribution in [0.2, 0.25) is 0 Å². The molecule has 1 heterocycles. The first-order valence-corrected chi connectivity index (χ1v) is 25.7. The lowest BCUT2D eigenvalue weighted by Crippen LogP contribution is -2.60. The largest absolute Gasteiger partial charge is 0.462 e. The topological polar surface area (TPSA) is 186 Å². The quantitative estimate of drug-likeness (QED) is 0.0199. The van der Waals surface area contributed by atoms with Crippen LogP contribution >= 0.6 is 0 Å². The molecule has 66 heavy (non-hydrogen) atoms. The van der Waals surface area contributed by atoms with Crippen LogP contribution < -0.4 is 0 Å². The SMILES string of the molecule is CC/C=C/C/C=C/C/C=C/C/C=C/C/C=C/CCCCCC(=O)O[C@H](COC(=O)CC/C=C/C/C=C/C/C=C/C/C=C/C/C=C/CCCCC)CO[C@H]1O[C@H](CS(=O)(=O)O)[C@@H](O)C(O)C1O. The molecule has 0 saturated carbocycles. The molecule has 2 unspecified atom stereocenters. The summed E-state index contributed by atoms with van der Waals surface area (Å²) >= 11 is 0. The van der Waals surface area contributed by atoms with Gasteiger partial charge in [0.15, 0.2) is 12.4 Å². The van der Waals surface area contributed by atoms with Crippen LogP contribution in [0.3, 0.4) is 0 Å². The summed E-state index contributed by atoms with van der Waals surface area (Å²) < 4.78 is 54.0. The van der Waals surface area contributed by atoms with Crippen molar-refractivity contribution in [2.75, 3.05) is 19.0 Å². The van der Waals surface area contributed by atoms with Crippen LogP contribution in [0, 0.1) is 0 Å². The van der Waals surface area contributed by atoms with Crippen LogP contribution in [0.5, 0.6) is 0 Å². The molecule has 0 aromatic rings. The molecule has 0 spiro atoms. The fraction of sp³-hybridized carbons (Fsp3) is 0.585. The summed E-state index contributed by atoms with van der Waals surface area (Å²) in [4.78, 5) is 25.4. The maximum Gasteiger partial charge on any atom is 0.306 e. The van der Waals surface area contributed by atoms with Gasteiger partial charge in [-0.1, -0.05) is 155 Å². The van der Waals surface area contributed by atoms with Crippen LogP contribution in [0.25, 0.3) is 0 Å². The summed E-state index contributed by atoms with van der Waals surface area (Å²) in [6.07, 6.45) is 49.6. The number of aliphatic hydroxyl groups is 3. The Morgan fingerprint density at radius 2 is 0.985 bits per heavy atom. The number of carbonyl (C=O) groups is 2. The molecular weight excluding hydrogens is 861 g/mol. The molecule has 0 radical (unpaired) electrons. The Hall–Kier alpha value is -3.95. The minimum atomic E-state index is -4.63. The van der Waals surface area contributed by atoms with E-state index in [1.165, 1.54) is 19.3 Å². The van der Waals surface area contributed by atoms with E-state index in [0.29, 0.717) is 12.8 Å². The molecule has 0 aliphatic carbocycles. The normalized spacial score (nSPS) is 20.5. The number of aliphatic hydroxyl groups excluding tert-OH is 3. The van der Waals surface area contributed by atoms with Gasteiger partial charge in [0, 0.05) is 12.8 Å². The molecule has 1 fully saturated rings. The van der Waals surface area contributed by atoms with E-state index in [1.807, 2.05) is 12.2 Å². The van der Waals surface area contributed by atoms with Crippen LogP contribution in [0.1, 0.15) is 142 Å². The minimum Gasteiger partial charge on any atom is -0.462 e. The van der Waals surface area contributed by atoms with Crippen molar-refractivity contribution in [2.45, 2.75) is 179 Å². The lowest BCUT2D eigenvalue weighted by Gasteiger charge is -2.40. The maximum absolute atomic E-state index is 12.8. The van der Waals surface area contributed by atoms with Crippen molar-refractivity contribution in [3.63, 3.8) is 0 Å². The second-order valence-electron chi connectivity index (χ2n) is 16.0. The Kier molecular flexibility index (Phi) is 37.5. The summed E-state index contributed by atoms with van der Waals surface area (Å²) in [7, 11) is -4.63. The molecule has 1 aliphatic rings. The average molecular weight is 943 g/mol. The fourth-order valence-electron chi connectivity index (χ4n) is 6.33. The van der Waals surface area contributed by atoms with Gasteiger partial charge in [-0.2, -0.15) is 8.42 Å². The van der Waals surface area contributed by atoms with Crippen LogP contribution in [-0.4, -0.2) is 96.0 Å². The van der Waals surface area contributed by atoms with Gasteiger partial charge in [-0.3, -0.25) is 14.1 Å². The Morgan fingerprint density at radius 3 is 1.45 bits per heavy atom. The van der Waals surface area contributed by atoms with E-state index >= 15 is 0 Å². The van der Waals surface area contributed by atoms with Gasteiger partial charge in [-0.25, -0.2) is 0 Å². The molecule has 4 N–H and O–H groups in total. The number of carbonyl (C=O) groups excluding carboxylic acids is 2. The van der Waals surface area contributed by atoms with E-state index in [1.54, 1.807) is 0 Å². The number of rotatable bonds is 38. The molecule has 0 aromatic carbocycles. The van der Waals surface area contributed by atoms with Gasteiger partial charge in [-0.05, 0) is 96.3 Å². The highest BCUT2D eigenvalue weighted by Gasteiger charge is 2.46. The van der Waals surface area contributed by atoms with Gasteiger partial charge in [0.1, 0.15) is 36.8 Å². The average Bonchev–Trinajstić information content (AvgIpc) is 3.28. The molecule has 0 bridgehead atoms. The smallest absolute Gasteiger partial charge is 0.306 e. The highest BCUT2D eigenvalue weighted by molar-refractivity contribution is 7.85. The predicted octanol–water partition coefficient (Wildman–Crippen LogP) is 10.6. The van der Waals surface area contributed by atoms with Gasteiger partial charge in [0.2, 0.25) is 0 Å². The van der Waals surface area contributed by atoms with E-state index in [2.05, 4.69) is 123 Å². The molecule has 1 saturated heterocycles. The van der Waals surface area contributed by atoms with Crippen molar-refractivity contribution in [3.8, 4) is 0 Å². The molecule has 0 amide bonds. The van der Waals surface area contributed by atoms with Gasteiger partial charge < -0.3 is 34.3 Å². The first-order chi connectivity index (χ1) is 32.0. The number of esters is 2. The monoisotopic (exact) mass is 943 g/mol. The first kappa shape index (κ1) is 60.1. The number of hydrogen-bond donors (Lipinski definition) is 4. The lowest BCUT2D eigenvalue weighted by atomic mass is 10.00. The van der Waals surface area contributed by atoms with Crippen molar-refractivity contribution >= 4 is 22.1 Å². The lowest BCUT2D eigenvalue weighted by molar-refractivity contribution is -0.297. The van der Waals surface area contributed by atoms with Crippen molar-refractivity contribution in [3.05, 3.63) is 122 Å². The number of allylic oxidation sites excluding steroid dienone is 20. The third-order valence-electron chi connectivity index (χ3n) is 10.0. The van der Waals surface area contributed by atoms with Crippen molar-refractivity contribution in [1.29, 1.82) is 0 Å². The third kappa shape index (κ3) is 35.3. The van der Waals surface area contributed by atoms with Crippen LogP contribution in [0.4, 0.5) is 0 Å². The van der Waals surface area contributed by atoms with Crippen molar-refractivity contribution in [1.82, 2.24) is 0 Å². The summed E-state index contributed by atoms with van der Waals surface area (Å²) in [6.45, 7) is 3.51. The molecule has 13 heteroatoms. The Balaban J connectivity index is 2.51. The zero-order valence-corrected chi connectivity index (χ0v) is 40.6. The number of hydrogen-bond acceptors (Lipinski definition) is 11. The van der Waals surface area contributed by atoms with E-state index < -0.39 is 71.2 Å². The van der Waals surface area contributed by atoms with E-state index in [9.17, 15) is 37.9 Å². The highest BCUT2D eigenvalue weighted by atomic mass is 32.2. The van der Waals surface area contributed by atoms with E-state index in [-0.39, 0.29) is 19.4 Å². The highest BCUT2D eigenvalue weighted by Crippen LogP contribution is 2.24.